The number of carbonyl (C=O) groups is 1. The number of carboxylic acid groups (broad SMARTS) is 1. The van der Waals surface area contributed by atoms with Gasteiger partial charge in [0.2, 0.25) is 0 Å². The standard InChI is InChI=1S/C8HF14NO2.Na/c9-2(1(24)25,5(14,15)16)6(17,18)23-7(19,20)3(10,11)4(12,13)8(23,21)22;/h(H,24,25);. The van der Waals surface area contributed by atoms with Crippen molar-refractivity contribution < 1.29 is 71.4 Å². The van der Waals surface area contributed by atoms with Crippen LogP contribution in [0.2, 0.25) is 0 Å². The van der Waals surface area contributed by atoms with Gasteiger partial charge >= 0.3 is 47.8 Å². The summed E-state index contributed by atoms with van der Waals surface area (Å²) in [6.45, 7) is 0. The van der Waals surface area contributed by atoms with Gasteiger partial charge in [-0.3, -0.25) is 0 Å². The van der Waals surface area contributed by atoms with Crippen LogP contribution in [0.25, 0.3) is 0 Å². The molecule has 0 aromatic carbocycles. The summed E-state index contributed by atoms with van der Waals surface area (Å²) in [5.74, 6) is -19.3. The molecule has 0 spiro atoms. The first-order valence-electron chi connectivity index (χ1n) is 5.24. The van der Waals surface area contributed by atoms with Crippen molar-refractivity contribution in [1.82, 2.24) is 4.90 Å². The summed E-state index contributed by atoms with van der Waals surface area (Å²) in [5.41, 5.74) is -7.37. The molecular formula is C8HF14NNaO2. The van der Waals surface area contributed by atoms with Gasteiger partial charge in [-0.25, -0.2) is 9.18 Å². The molecule has 1 aliphatic heterocycles. The Kier molecular flexibility index (Phi) is 5.85. The van der Waals surface area contributed by atoms with Gasteiger partial charge in [-0.2, -0.15) is 57.1 Å². The zero-order chi connectivity index (χ0) is 20.7. The molecule has 0 aromatic heterocycles. The van der Waals surface area contributed by atoms with Gasteiger partial charge in [0.25, 0.3) is 0 Å². The van der Waals surface area contributed by atoms with Gasteiger partial charge < -0.3 is 5.11 Å². The van der Waals surface area contributed by atoms with Crippen molar-refractivity contribution in [2.45, 2.75) is 41.8 Å². The molecule has 0 bridgehead atoms. The first-order valence-corrected chi connectivity index (χ1v) is 5.24. The van der Waals surface area contributed by atoms with E-state index in [9.17, 15) is 66.3 Å². The van der Waals surface area contributed by atoms with E-state index in [1.54, 1.807) is 0 Å². The summed E-state index contributed by atoms with van der Waals surface area (Å²) >= 11 is 0. The smallest absolute Gasteiger partial charge is 0.441 e. The third-order valence-corrected chi connectivity index (χ3v) is 3.09. The molecule has 1 aliphatic rings. The maximum Gasteiger partial charge on any atom is 0.441 e. The van der Waals surface area contributed by atoms with E-state index < -0.39 is 52.7 Å². The average molecular weight is 432 g/mol. The van der Waals surface area contributed by atoms with E-state index in [0.29, 0.717) is 0 Å². The van der Waals surface area contributed by atoms with E-state index in [1.165, 1.54) is 0 Å². The van der Waals surface area contributed by atoms with Crippen LogP contribution in [-0.4, -0.2) is 87.4 Å². The predicted molar refractivity (Wildman–Crippen MR) is 49.9 cm³/mol. The second kappa shape index (κ2) is 5.97. The minimum Gasteiger partial charge on any atom is -0.478 e. The monoisotopic (exact) mass is 432 g/mol. The molecule has 18 heteroatoms. The fourth-order valence-electron chi connectivity index (χ4n) is 1.76. The predicted octanol–water partition coefficient (Wildman–Crippen LogP) is 3.33. The maximum absolute atomic E-state index is 13.4. The Labute approximate surface area is 154 Å². The van der Waals surface area contributed by atoms with E-state index >= 15 is 0 Å². The second-order valence-electron chi connectivity index (χ2n) is 4.57. The molecule has 0 amide bonds. The Morgan fingerprint density at radius 1 is 0.731 bits per heavy atom. The third-order valence-electron chi connectivity index (χ3n) is 3.09. The molecule has 0 aliphatic carbocycles. The van der Waals surface area contributed by atoms with Gasteiger partial charge in [0.15, 0.2) is 0 Å². The summed E-state index contributed by atoms with van der Waals surface area (Å²) in [7, 11) is 0. The largest absolute Gasteiger partial charge is 0.478 e. The molecule has 1 N–H and O–H groups in total. The van der Waals surface area contributed by atoms with E-state index in [0.717, 1.165) is 0 Å². The normalized spacial score (nSPS) is 26.7. The molecule has 3 nitrogen and oxygen atoms in total. The van der Waals surface area contributed by atoms with Gasteiger partial charge in [0.1, 0.15) is 0 Å². The summed E-state index contributed by atoms with van der Waals surface area (Å²) in [5, 5.41) is 7.90. The number of aliphatic carboxylic acids is 1. The van der Waals surface area contributed by atoms with Crippen LogP contribution in [0.4, 0.5) is 61.5 Å². The van der Waals surface area contributed by atoms with Gasteiger partial charge in [-0.05, 0) is 0 Å². The van der Waals surface area contributed by atoms with Crippen LogP contribution in [0.15, 0.2) is 0 Å². The van der Waals surface area contributed by atoms with Crippen molar-refractivity contribution in [2.24, 2.45) is 0 Å². The van der Waals surface area contributed by atoms with Crippen molar-refractivity contribution in [3.8, 4) is 0 Å². The Hall–Kier alpha value is -0.550. The molecule has 1 saturated heterocycles. The molecular weight excluding hydrogens is 431 g/mol. The number of hydrogen-bond acceptors (Lipinski definition) is 2. The fourth-order valence-corrected chi connectivity index (χ4v) is 1.76. The van der Waals surface area contributed by atoms with Gasteiger partial charge in [-0.15, -0.1) is 4.90 Å². The summed E-state index contributed by atoms with van der Waals surface area (Å²) in [4.78, 5) is 6.07. The van der Waals surface area contributed by atoms with Gasteiger partial charge in [-0.1, -0.05) is 0 Å². The van der Waals surface area contributed by atoms with Crippen LogP contribution in [-0.2, 0) is 4.79 Å². The van der Waals surface area contributed by atoms with Crippen molar-refractivity contribution in [1.29, 1.82) is 0 Å². The number of nitrogens with zero attached hydrogens (tertiary/aromatic N) is 1. The number of carboxylic acids is 1. The molecule has 1 unspecified atom stereocenters. The molecule has 0 saturated carbocycles. The van der Waals surface area contributed by atoms with E-state index in [1.807, 2.05) is 0 Å². The number of rotatable bonds is 3. The maximum atomic E-state index is 13.4. The van der Waals surface area contributed by atoms with Crippen LogP contribution < -0.4 is 0 Å². The van der Waals surface area contributed by atoms with Gasteiger partial charge in [0, 0.05) is 29.6 Å². The van der Waals surface area contributed by atoms with Gasteiger partial charge in [0.05, 0.1) is 0 Å². The SMILES string of the molecule is O=C(O)C(F)(C(F)(F)F)C(F)(F)N1C(F)(F)C(F)(F)C(F)(F)C1(F)F.[Na]. The molecule has 149 valence electrons. The average Bonchev–Trinajstić information content (AvgIpc) is 2.40. The van der Waals surface area contributed by atoms with Crippen LogP contribution in [0, 0.1) is 0 Å². The van der Waals surface area contributed by atoms with Crippen LogP contribution in [0.1, 0.15) is 0 Å². The minimum absolute atomic E-state index is 0. The first-order chi connectivity index (χ1) is 10.6. The second-order valence-corrected chi connectivity index (χ2v) is 4.57. The Morgan fingerprint density at radius 2 is 1.00 bits per heavy atom. The van der Waals surface area contributed by atoms with E-state index in [2.05, 4.69) is 0 Å². The van der Waals surface area contributed by atoms with Crippen molar-refractivity contribution in [3.63, 3.8) is 0 Å². The van der Waals surface area contributed by atoms with Crippen molar-refractivity contribution in [2.75, 3.05) is 0 Å². The Balaban J connectivity index is 0.00000625. The number of hydrogen-bond donors (Lipinski definition) is 1. The molecule has 1 atom stereocenters. The molecule has 26 heavy (non-hydrogen) atoms. The Morgan fingerprint density at radius 3 is 1.19 bits per heavy atom. The first kappa shape index (κ1) is 25.4. The van der Waals surface area contributed by atoms with Crippen molar-refractivity contribution in [3.05, 3.63) is 0 Å². The zero-order valence-electron chi connectivity index (χ0n) is 11.6. The van der Waals surface area contributed by atoms with Crippen LogP contribution in [0.5, 0.6) is 0 Å². The number of alkyl halides is 14. The van der Waals surface area contributed by atoms with Crippen molar-refractivity contribution >= 4 is 35.5 Å². The topological polar surface area (TPSA) is 40.5 Å². The number of likely N-dealkylation sites (tertiary alicyclic amines) is 1. The van der Waals surface area contributed by atoms with E-state index in [-0.39, 0.29) is 29.6 Å². The molecule has 0 aromatic rings. The number of halogens is 14. The summed E-state index contributed by atoms with van der Waals surface area (Å²) < 4.78 is 180. The minimum atomic E-state index is -7.80. The summed E-state index contributed by atoms with van der Waals surface area (Å²) in [6, 6.07) is -22.8. The molecule has 1 radical (unpaired) electrons. The zero-order valence-corrected chi connectivity index (χ0v) is 13.6. The quantitative estimate of drug-likeness (QED) is 0.423. The Bertz CT molecular complexity index is 562. The molecule has 1 fully saturated rings. The third kappa shape index (κ3) is 2.52. The fraction of sp³-hybridized carbons (Fsp3) is 0.875. The summed E-state index contributed by atoms with van der Waals surface area (Å²) in [6.07, 6.45) is -7.46. The molecule has 1 rings (SSSR count). The molecule has 1 heterocycles. The van der Waals surface area contributed by atoms with Crippen LogP contribution >= 0.6 is 0 Å². The van der Waals surface area contributed by atoms with Crippen LogP contribution in [0.3, 0.4) is 0 Å². The van der Waals surface area contributed by atoms with E-state index in [4.69, 9.17) is 5.11 Å².